The molecule has 4 rings (SSSR count). The topological polar surface area (TPSA) is 64.0 Å². The van der Waals surface area contributed by atoms with E-state index in [-0.39, 0.29) is 0 Å². The number of rotatable bonds is 8. The third-order valence-electron chi connectivity index (χ3n) is 5.60. The zero-order chi connectivity index (χ0) is 21.8. The molecule has 3 aromatic rings. The molecular weight excluding hydrogens is 490 g/mol. The van der Waals surface area contributed by atoms with Crippen molar-refractivity contribution < 1.29 is 4.74 Å². The first-order chi connectivity index (χ1) is 14.9. The Morgan fingerprint density at radius 2 is 1.94 bits per heavy atom. The van der Waals surface area contributed by atoms with Crippen molar-refractivity contribution >= 4 is 57.3 Å². The van der Waals surface area contributed by atoms with E-state index in [2.05, 4.69) is 55.7 Å². The van der Waals surface area contributed by atoms with Crippen LogP contribution in [0, 0.1) is 0 Å². The Balaban J connectivity index is 1.59. The standard InChI is InChI=1S/C22H30BrN5OSSi/c1-31(2,3)12-11-29-15-28(20-10-9-18-19(25-20)13-17(23)14-24-18)22-27-26-21(30-22)16-7-5-4-6-8-16/h9-10,13-14,16H,4-8,11-12,15H2,1-3H3. The van der Waals surface area contributed by atoms with Crippen molar-refractivity contribution in [3.8, 4) is 0 Å². The van der Waals surface area contributed by atoms with Crippen molar-refractivity contribution in [3.05, 3.63) is 33.9 Å². The molecule has 3 aromatic heterocycles. The lowest BCUT2D eigenvalue weighted by Gasteiger charge is -2.22. The molecule has 0 unspecified atom stereocenters. The van der Waals surface area contributed by atoms with Crippen molar-refractivity contribution in [1.29, 1.82) is 0 Å². The number of fused-ring (bicyclic) bond motifs is 1. The Labute approximate surface area is 197 Å². The number of halogens is 1. The Morgan fingerprint density at radius 3 is 2.71 bits per heavy atom. The van der Waals surface area contributed by atoms with E-state index in [1.807, 2.05) is 18.2 Å². The van der Waals surface area contributed by atoms with E-state index >= 15 is 0 Å². The first kappa shape index (κ1) is 22.8. The van der Waals surface area contributed by atoms with Gasteiger partial charge in [-0.1, -0.05) is 50.2 Å². The van der Waals surface area contributed by atoms with Gasteiger partial charge in [0.15, 0.2) is 0 Å². The Kier molecular flexibility index (Phi) is 7.35. The third-order valence-corrected chi connectivity index (χ3v) is 8.84. The lowest BCUT2D eigenvalue weighted by Crippen LogP contribution is -2.26. The molecule has 0 N–H and O–H groups in total. The van der Waals surface area contributed by atoms with E-state index in [1.165, 1.54) is 32.1 Å². The van der Waals surface area contributed by atoms with Crippen LogP contribution in [0.15, 0.2) is 28.9 Å². The molecule has 0 bridgehead atoms. The van der Waals surface area contributed by atoms with Gasteiger partial charge < -0.3 is 4.74 Å². The predicted octanol–water partition coefficient (Wildman–Crippen LogP) is 6.74. The van der Waals surface area contributed by atoms with Crippen LogP contribution in [0.4, 0.5) is 10.9 Å². The molecule has 9 heteroatoms. The molecule has 1 fully saturated rings. The van der Waals surface area contributed by atoms with E-state index in [9.17, 15) is 0 Å². The number of pyridine rings is 2. The van der Waals surface area contributed by atoms with E-state index in [4.69, 9.17) is 9.72 Å². The number of ether oxygens (including phenoxy) is 1. The molecule has 1 aliphatic rings. The van der Waals surface area contributed by atoms with Crippen molar-refractivity contribution in [2.24, 2.45) is 0 Å². The highest BCUT2D eigenvalue weighted by molar-refractivity contribution is 9.10. The monoisotopic (exact) mass is 519 g/mol. The van der Waals surface area contributed by atoms with Crippen LogP contribution in [0.5, 0.6) is 0 Å². The van der Waals surface area contributed by atoms with Gasteiger partial charge in [-0.25, -0.2) is 4.98 Å². The maximum Gasteiger partial charge on any atom is 0.215 e. The number of hydrogen-bond donors (Lipinski definition) is 0. The summed E-state index contributed by atoms with van der Waals surface area (Å²) in [4.78, 5) is 11.4. The summed E-state index contributed by atoms with van der Waals surface area (Å²) in [5, 5.41) is 11.1. The van der Waals surface area contributed by atoms with Gasteiger partial charge in [-0.2, -0.15) is 0 Å². The highest BCUT2D eigenvalue weighted by Crippen LogP contribution is 2.37. The predicted molar refractivity (Wildman–Crippen MR) is 134 cm³/mol. The van der Waals surface area contributed by atoms with Gasteiger partial charge in [-0.3, -0.25) is 9.88 Å². The molecule has 0 amide bonds. The van der Waals surface area contributed by atoms with Gasteiger partial charge in [0.2, 0.25) is 5.13 Å². The summed E-state index contributed by atoms with van der Waals surface area (Å²) in [7, 11) is -1.15. The van der Waals surface area contributed by atoms with Gasteiger partial charge in [0.1, 0.15) is 17.6 Å². The zero-order valence-corrected chi connectivity index (χ0v) is 21.9. The SMILES string of the molecule is C[Si](C)(C)CCOCN(c1ccc2ncc(Br)cc2n1)c1nnc(C2CCCCC2)s1. The molecule has 0 spiro atoms. The average molecular weight is 521 g/mol. The molecule has 0 aromatic carbocycles. The van der Waals surface area contributed by atoms with Crippen molar-refractivity contribution in [2.45, 2.75) is 63.7 Å². The molecule has 3 heterocycles. The quantitative estimate of drug-likeness (QED) is 0.186. The molecule has 31 heavy (non-hydrogen) atoms. The Bertz CT molecular complexity index is 1020. The van der Waals surface area contributed by atoms with Crippen LogP contribution in [-0.4, -0.2) is 41.6 Å². The minimum Gasteiger partial charge on any atom is -0.361 e. The van der Waals surface area contributed by atoms with Gasteiger partial charge in [0.25, 0.3) is 0 Å². The van der Waals surface area contributed by atoms with Crippen molar-refractivity contribution in [3.63, 3.8) is 0 Å². The van der Waals surface area contributed by atoms with Crippen LogP contribution in [-0.2, 0) is 4.74 Å². The molecule has 0 saturated heterocycles. The molecule has 1 saturated carbocycles. The van der Waals surface area contributed by atoms with Gasteiger partial charge in [-0.05, 0) is 53.0 Å². The van der Waals surface area contributed by atoms with Crippen LogP contribution in [0.2, 0.25) is 25.7 Å². The maximum atomic E-state index is 6.11. The van der Waals surface area contributed by atoms with Crippen molar-refractivity contribution in [2.75, 3.05) is 18.2 Å². The van der Waals surface area contributed by atoms with E-state index in [0.717, 1.165) is 44.1 Å². The molecule has 1 aliphatic carbocycles. The van der Waals surface area contributed by atoms with E-state index < -0.39 is 8.07 Å². The van der Waals surface area contributed by atoms with E-state index in [0.29, 0.717) is 12.6 Å². The fourth-order valence-electron chi connectivity index (χ4n) is 3.73. The summed E-state index contributed by atoms with van der Waals surface area (Å²) in [5.41, 5.74) is 1.71. The fraction of sp³-hybridized carbons (Fsp3) is 0.545. The summed E-state index contributed by atoms with van der Waals surface area (Å²) in [6.07, 6.45) is 8.14. The lowest BCUT2D eigenvalue weighted by molar-refractivity contribution is 0.153. The lowest BCUT2D eigenvalue weighted by atomic mass is 9.90. The van der Waals surface area contributed by atoms with Crippen LogP contribution < -0.4 is 4.90 Å². The van der Waals surface area contributed by atoms with Crippen LogP contribution in [0.1, 0.15) is 43.0 Å². The summed E-state index contributed by atoms with van der Waals surface area (Å²) in [6.45, 7) is 8.27. The molecule has 6 nitrogen and oxygen atoms in total. The summed E-state index contributed by atoms with van der Waals surface area (Å²) >= 11 is 5.18. The number of aromatic nitrogens is 4. The molecule has 0 atom stereocenters. The second-order valence-electron chi connectivity index (χ2n) is 9.40. The van der Waals surface area contributed by atoms with Crippen LogP contribution >= 0.6 is 27.3 Å². The molecular formula is C22H30BrN5OSSi. The summed E-state index contributed by atoms with van der Waals surface area (Å²) < 4.78 is 7.02. The van der Waals surface area contributed by atoms with Crippen molar-refractivity contribution in [1.82, 2.24) is 20.2 Å². The highest BCUT2D eigenvalue weighted by atomic mass is 79.9. The largest absolute Gasteiger partial charge is 0.361 e. The molecule has 0 aliphatic heterocycles. The number of nitrogens with zero attached hydrogens (tertiary/aromatic N) is 5. The number of anilines is 2. The van der Waals surface area contributed by atoms with Crippen LogP contribution in [0.3, 0.4) is 0 Å². The Morgan fingerprint density at radius 1 is 1.13 bits per heavy atom. The first-order valence-electron chi connectivity index (χ1n) is 11.0. The third kappa shape index (κ3) is 6.09. The molecule has 0 radical (unpaired) electrons. The van der Waals surface area contributed by atoms with Gasteiger partial charge in [0, 0.05) is 31.3 Å². The molecule has 166 valence electrons. The van der Waals surface area contributed by atoms with Gasteiger partial charge in [-0.15, -0.1) is 10.2 Å². The average Bonchev–Trinajstić information content (AvgIpc) is 3.23. The Hall–Kier alpha value is -1.42. The second-order valence-corrected chi connectivity index (χ2v) is 16.9. The highest BCUT2D eigenvalue weighted by Gasteiger charge is 2.23. The maximum absolute atomic E-state index is 6.11. The smallest absolute Gasteiger partial charge is 0.215 e. The zero-order valence-electron chi connectivity index (χ0n) is 18.5. The normalized spacial score (nSPS) is 15.5. The first-order valence-corrected chi connectivity index (χ1v) is 16.3. The summed E-state index contributed by atoms with van der Waals surface area (Å²) in [6, 6.07) is 7.12. The van der Waals surface area contributed by atoms with Gasteiger partial charge >= 0.3 is 0 Å². The number of hydrogen-bond acceptors (Lipinski definition) is 7. The second kappa shape index (κ2) is 10.0. The summed E-state index contributed by atoms with van der Waals surface area (Å²) in [5.74, 6) is 1.35. The minimum absolute atomic E-state index is 0.420. The van der Waals surface area contributed by atoms with Gasteiger partial charge in [0.05, 0.1) is 11.0 Å². The fourth-order valence-corrected chi connectivity index (χ4v) is 5.81. The minimum atomic E-state index is -1.15. The van der Waals surface area contributed by atoms with E-state index in [1.54, 1.807) is 17.5 Å². The van der Waals surface area contributed by atoms with Crippen LogP contribution in [0.25, 0.3) is 11.0 Å².